The molecule has 16 heavy (non-hydrogen) atoms. The van der Waals surface area contributed by atoms with Crippen LogP contribution in [0, 0.1) is 22.2 Å². The van der Waals surface area contributed by atoms with Crippen LogP contribution in [0.2, 0.25) is 0 Å². The summed E-state index contributed by atoms with van der Waals surface area (Å²) in [4.78, 5) is 11.7. The zero-order chi connectivity index (χ0) is 12.8. The van der Waals surface area contributed by atoms with Gasteiger partial charge in [0.2, 0.25) is 5.91 Å². The number of rotatable bonds is 2. The topological polar surface area (TPSA) is 29.1 Å². The molecule has 1 amide bonds. The summed E-state index contributed by atoms with van der Waals surface area (Å²) in [7, 11) is 0. The zero-order valence-corrected chi connectivity index (χ0v) is 11.9. The average molecular weight is 225 g/mol. The number of nitrogens with one attached hydrogen (secondary N) is 1. The molecule has 2 nitrogen and oxygen atoms in total. The van der Waals surface area contributed by atoms with Crippen molar-refractivity contribution in [1.29, 1.82) is 0 Å². The standard InChI is InChI=1S/C14H27NO/c1-12(2,3)11(16)15-9-10-8-14(10,7)13(4,5)6/h10H,8-9H2,1-7H3,(H,15,16). The Kier molecular flexibility index (Phi) is 3.17. The van der Waals surface area contributed by atoms with Gasteiger partial charge in [-0.1, -0.05) is 48.5 Å². The Morgan fingerprint density at radius 2 is 1.75 bits per heavy atom. The van der Waals surface area contributed by atoms with Gasteiger partial charge in [-0.2, -0.15) is 0 Å². The maximum Gasteiger partial charge on any atom is 0.225 e. The summed E-state index contributed by atoms with van der Waals surface area (Å²) in [5.41, 5.74) is 0.468. The summed E-state index contributed by atoms with van der Waals surface area (Å²) >= 11 is 0. The Hall–Kier alpha value is -0.530. The van der Waals surface area contributed by atoms with E-state index in [1.165, 1.54) is 6.42 Å². The van der Waals surface area contributed by atoms with Gasteiger partial charge in [0.1, 0.15) is 0 Å². The maximum atomic E-state index is 11.7. The highest BCUT2D eigenvalue weighted by molar-refractivity contribution is 5.81. The van der Waals surface area contributed by atoms with Crippen LogP contribution in [0.25, 0.3) is 0 Å². The van der Waals surface area contributed by atoms with Crippen LogP contribution in [-0.2, 0) is 4.79 Å². The minimum absolute atomic E-state index is 0.163. The van der Waals surface area contributed by atoms with Gasteiger partial charge in [-0.3, -0.25) is 4.79 Å². The molecule has 0 heterocycles. The quantitative estimate of drug-likeness (QED) is 0.768. The van der Waals surface area contributed by atoms with Gasteiger partial charge in [0, 0.05) is 12.0 Å². The van der Waals surface area contributed by atoms with Crippen LogP contribution in [0.3, 0.4) is 0 Å². The molecular weight excluding hydrogens is 198 g/mol. The minimum Gasteiger partial charge on any atom is -0.355 e. The largest absolute Gasteiger partial charge is 0.355 e. The molecule has 0 aliphatic heterocycles. The summed E-state index contributed by atoms with van der Waals surface area (Å²) in [5, 5.41) is 3.07. The number of hydrogen-bond donors (Lipinski definition) is 1. The zero-order valence-electron chi connectivity index (χ0n) is 11.9. The molecule has 0 aromatic carbocycles. The maximum absolute atomic E-state index is 11.7. The summed E-state index contributed by atoms with van der Waals surface area (Å²) in [6, 6.07) is 0. The molecule has 0 saturated heterocycles. The van der Waals surface area contributed by atoms with E-state index in [1.807, 2.05) is 20.8 Å². The van der Waals surface area contributed by atoms with Gasteiger partial charge in [0.15, 0.2) is 0 Å². The first kappa shape index (κ1) is 13.5. The van der Waals surface area contributed by atoms with Crippen LogP contribution < -0.4 is 5.32 Å². The third kappa shape index (κ3) is 2.58. The third-order valence-electron chi connectivity index (χ3n) is 4.31. The summed E-state index contributed by atoms with van der Waals surface area (Å²) in [5.74, 6) is 0.814. The van der Waals surface area contributed by atoms with Crippen molar-refractivity contribution >= 4 is 5.91 Å². The normalized spacial score (nSPS) is 30.1. The van der Waals surface area contributed by atoms with Crippen molar-refractivity contribution in [1.82, 2.24) is 5.32 Å². The Balaban J connectivity index is 2.42. The van der Waals surface area contributed by atoms with E-state index in [2.05, 4.69) is 33.0 Å². The second-order valence-corrected chi connectivity index (χ2v) is 7.53. The Bertz CT molecular complexity index is 282. The van der Waals surface area contributed by atoms with Crippen molar-refractivity contribution in [3.05, 3.63) is 0 Å². The smallest absolute Gasteiger partial charge is 0.225 e. The molecule has 2 atom stereocenters. The molecule has 1 rings (SSSR count). The highest BCUT2D eigenvalue weighted by Crippen LogP contribution is 2.62. The summed E-state index contributed by atoms with van der Waals surface area (Å²) < 4.78 is 0. The Morgan fingerprint density at radius 1 is 1.25 bits per heavy atom. The van der Waals surface area contributed by atoms with E-state index in [0.29, 0.717) is 16.7 Å². The van der Waals surface area contributed by atoms with Crippen molar-refractivity contribution in [2.45, 2.75) is 54.9 Å². The van der Waals surface area contributed by atoms with E-state index >= 15 is 0 Å². The lowest BCUT2D eigenvalue weighted by atomic mass is 9.77. The van der Waals surface area contributed by atoms with Crippen molar-refractivity contribution in [2.75, 3.05) is 6.54 Å². The lowest BCUT2D eigenvalue weighted by Gasteiger charge is -2.29. The molecule has 0 aromatic heterocycles. The monoisotopic (exact) mass is 225 g/mol. The van der Waals surface area contributed by atoms with Crippen LogP contribution in [0.4, 0.5) is 0 Å². The van der Waals surface area contributed by atoms with Crippen LogP contribution >= 0.6 is 0 Å². The van der Waals surface area contributed by atoms with Crippen LogP contribution in [0.1, 0.15) is 54.9 Å². The molecule has 1 aliphatic rings. The molecule has 0 spiro atoms. The van der Waals surface area contributed by atoms with E-state index in [-0.39, 0.29) is 11.3 Å². The summed E-state index contributed by atoms with van der Waals surface area (Å²) in [6.07, 6.45) is 1.24. The molecular formula is C14H27NO. The second kappa shape index (κ2) is 3.75. The van der Waals surface area contributed by atoms with E-state index in [4.69, 9.17) is 0 Å². The predicted octanol–water partition coefficient (Wildman–Crippen LogP) is 3.22. The van der Waals surface area contributed by atoms with Gasteiger partial charge in [-0.05, 0) is 23.2 Å². The molecule has 1 saturated carbocycles. The number of carbonyl (C=O) groups is 1. The van der Waals surface area contributed by atoms with E-state index in [9.17, 15) is 4.79 Å². The highest BCUT2D eigenvalue weighted by atomic mass is 16.2. The number of carbonyl (C=O) groups excluding carboxylic acids is 1. The molecule has 2 heteroatoms. The molecule has 94 valence electrons. The molecule has 0 bridgehead atoms. The first-order valence-electron chi connectivity index (χ1n) is 6.27. The Labute approximate surface area is 100 Å². The van der Waals surface area contributed by atoms with Gasteiger partial charge >= 0.3 is 0 Å². The fourth-order valence-corrected chi connectivity index (χ4v) is 2.15. The van der Waals surface area contributed by atoms with Crippen molar-refractivity contribution in [2.24, 2.45) is 22.2 Å². The molecule has 0 radical (unpaired) electrons. The fraction of sp³-hybridized carbons (Fsp3) is 0.929. The molecule has 1 N–H and O–H groups in total. The highest BCUT2D eigenvalue weighted by Gasteiger charge is 2.56. The van der Waals surface area contributed by atoms with Crippen LogP contribution in [-0.4, -0.2) is 12.5 Å². The van der Waals surface area contributed by atoms with Gasteiger partial charge in [0.05, 0.1) is 0 Å². The number of amides is 1. The van der Waals surface area contributed by atoms with E-state index < -0.39 is 0 Å². The van der Waals surface area contributed by atoms with Crippen LogP contribution in [0.15, 0.2) is 0 Å². The molecule has 2 unspecified atom stereocenters. The second-order valence-electron chi connectivity index (χ2n) is 7.53. The first-order valence-corrected chi connectivity index (χ1v) is 6.27. The molecule has 0 aromatic rings. The number of hydrogen-bond acceptors (Lipinski definition) is 1. The lowest BCUT2D eigenvalue weighted by molar-refractivity contribution is -0.128. The Morgan fingerprint density at radius 3 is 2.06 bits per heavy atom. The minimum atomic E-state index is -0.271. The van der Waals surface area contributed by atoms with Crippen molar-refractivity contribution < 1.29 is 4.79 Å². The van der Waals surface area contributed by atoms with E-state index in [1.54, 1.807) is 0 Å². The SMILES string of the molecule is CC(C)(C)C(=O)NCC1CC1(C)C(C)(C)C. The predicted molar refractivity (Wildman–Crippen MR) is 68.1 cm³/mol. The molecule has 1 fully saturated rings. The third-order valence-corrected chi connectivity index (χ3v) is 4.31. The van der Waals surface area contributed by atoms with Crippen LogP contribution in [0.5, 0.6) is 0 Å². The van der Waals surface area contributed by atoms with Gasteiger partial charge in [-0.25, -0.2) is 0 Å². The van der Waals surface area contributed by atoms with Gasteiger partial charge in [0.25, 0.3) is 0 Å². The van der Waals surface area contributed by atoms with Gasteiger partial charge < -0.3 is 5.32 Å². The summed E-state index contributed by atoms with van der Waals surface area (Å²) in [6.45, 7) is 15.9. The van der Waals surface area contributed by atoms with Crippen molar-refractivity contribution in [3.8, 4) is 0 Å². The average Bonchev–Trinajstić information content (AvgIpc) is 2.71. The first-order chi connectivity index (χ1) is 6.98. The lowest BCUT2D eigenvalue weighted by Crippen LogP contribution is -2.37. The molecule has 1 aliphatic carbocycles. The van der Waals surface area contributed by atoms with Gasteiger partial charge in [-0.15, -0.1) is 0 Å². The van der Waals surface area contributed by atoms with E-state index in [0.717, 1.165) is 6.54 Å². The van der Waals surface area contributed by atoms with Crippen molar-refractivity contribution in [3.63, 3.8) is 0 Å². The fourth-order valence-electron chi connectivity index (χ4n) is 2.15.